The molecule has 4 heteroatoms. The highest BCUT2D eigenvalue weighted by atomic mass is 32.1. The van der Waals surface area contributed by atoms with E-state index < -0.39 is 0 Å². The summed E-state index contributed by atoms with van der Waals surface area (Å²) in [6, 6.07) is 0. The summed E-state index contributed by atoms with van der Waals surface area (Å²) in [7, 11) is 0. The van der Waals surface area contributed by atoms with E-state index in [2.05, 4.69) is 15.7 Å². The molecule has 1 heterocycles. The number of hydrogen-bond donors (Lipinski definition) is 1. The van der Waals surface area contributed by atoms with Gasteiger partial charge in [-0.15, -0.1) is 11.3 Å². The van der Waals surface area contributed by atoms with E-state index in [9.17, 15) is 0 Å². The lowest BCUT2D eigenvalue weighted by Gasteiger charge is -2.03. The van der Waals surface area contributed by atoms with Crippen LogP contribution in [0, 0.1) is 12.8 Å². The Hall–Kier alpha value is -0.450. The SMILES string of the molecule is Cc1csc(CNCCCOCC2CC2)n1. The molecule has 1 fully saturated rings. The van der Waals surface area contributed by atoms with E-state index in [0.717, 1.165) is 44.3 Å². The van der Waals surface area contributed by atoms with Crippen molar-refractivity contribution in [3.63, 3.8) is 0 Å². The molecule has 0 amide bonds. The van der Waals surface area contributed by atoms with Crippen LogP contribution in [0.1, 0.15) is 30.0 Å². The lowest BCUT2D eigenvalue weighted by atomic mass is 10.4. The zero-order chi connectivity index (χ0) is 11.2. The van der Waals surface area contributed by atoms with Gasteiger partial charge in [-0.25, -0.2) is 4.98 Å². The number of hydrogen-bond acceptors (Lipinski definition) is 4. The van der Waals surface area contributed by atoms with Crippen LogP contribution in [0.5, 0.6) is 0 Å². The summed E-state index contributed by atoms with van der Waals surface area (Å²) in [5.41, 5.74) is 1.12. The quantitative estimate of drug-likeness (QED) is 0.708. The van der Waals surface area contributed by atoms with Gasteiger partial charge in [0.05, 0.1) is 0 Å². The van der Waals surface area contributed by atoms with Gasteiger partial charge in [0, 0.05) is 30.8 Å². The molecule has 16 heavy (non-hydrogen) atoms. The Morgan fingerprint density at radius 2 is 2.44 bits per heavy atom. The fourth-order valence-corrected chi connectivity index (χ4v) is 2.25. The van der Waals surface area contributed by atoms with E-state index in [0.29, 0.717) is 0 Å². The van der Waals surface area contributed by atoms with E-state index in [-0.39, 0.29) is 0 Å². The van der Waals surface area contributed by atoms with Gasteiger partial charge >= 0.3 is 0 Å². The fraction of sp³-hybridized carbons (Fsp3) is 0.750. The van der Waals surface area contributed by atoms with Crippen molar-refractivity contribution in [3.8, 4) is 0 Å². The molecule has 90 valence electrons. The lowest BCUT2D eigenvalue weighted by Crippen LogP contribution is -2.16. The molecule has 1 N–H and O–H groups in total. The van der Waals surface area contributed by atoms with E-state index in [1.54, 1.807) is 11.3 Å². The minimum absolute atomic E-state index is 0.881. The molecule has 1 aliphatic rings. The third-order valence-corrected chi connectivity index (χ3v) is 3.60. The summed E-state index contributed by atoms with van der Waals surface area (Å²) >= 11 is 1.73. The number of nitrogens with one attached hydrogen (secondary N) is 1. The van der Waals surface area contributed by atoms with E-state index in [1.807, 2.05) is 6.92 Å². The molecule has 0 aliphatic heterocycles. The second-order valence-electron chi connectivity index (χ2n) is 4.43. The predicted molar refractivity (Wildman–Crippen MR) is 66.7 cm³/mol. The molecule has 0 spiro atoms. The van der Waals surface area contributed by atoms with Crippen LogP contribution in [0.15, 0.2) is 5.38 Å². The van der Waals surface area contributed by atoms with Gasteiger partial charge in [0.2, 0.25) is 0 Å². The minimum Gasteiger partial charge on any atom is -0.381 e. The van der Waals surface area contributed by atoms with Crippen molar-refractivity contribution in [1.29, 1.82) is 0 Å². The Bertz CT molecular complexity index is 310. The second kappa shape index (κ2) is 6.33. The maximum absolute atomic E-state index is 5.56. The zero-order valence-electron chi connectivity index (χ0n) is 9.87. The fourth-order valence-electron chi connectivity index (χ4n) is 1.51. The first-order chi connectivity index (χ1) is 7.84. The summed E-state index contributed by atoms with van der Waals surface area (Å²) in [6.45, 7) is 5.81. The molecule has 1 aromatic rings. The second-order valence-corrected chi connectivity index (χ2v) is 5.37. The van der Waals surface area contributed by atoms with Crippen molar-refractivity contribution in [1.82, 2.24) is 10.3 Å². The van der Waals surface area contributed by atoms with Crippen LogP contribution in [-0.2, 0) is 11.3 Å². The largest absolute Gasteiger partial charge is 0.381 e. The van der Waals surface area contributed by atoms with E-state index >= 15 is 0 Å². The van der Waals surface area contributed by atoms with Gasteiger partial charge in [0.1, 0.15) is 5.01 Å². The van der Waals surface area contributed by atoms with Crippen molar-refractivity contribution >= 4 is 11.3 Å². The first-order valence-electron chi connectivity index (χ1n) is 6.04. The number of ether oxygens (including phenoxy) is 1. The standard InChI is InChI=1S/C12H20N2OS/c1-10-9-16-12(14-10)7-13-5-2-6-15-8-11-3-4-11/h9,11,13H,2-8H2,1H3. The monoisotopic (exact) mass is 240 g/mol. The van der Waals surface area contributed by atoms with E-state index in [1.165, 1.54) is 17.8 Å². The average molecular weight is 240 g/mol. The summed E-state index contributed by atoms with van der Waals surface area (Å²) < 4.78 is 5.56. The normalized spacial score (nSPS) is 15.6. The number of aryl methyl sites for hydroxylation is 1. The molecule has 1 saturated carbocycles. The lowest BCUT2D eigenvalue weighted by molar-refractivity contribution is 0.122. The smallest absolute Gasteiger partial charge is 0.107 e. The Kier molecular flexibility index (Phi) is 4.75. The van der Waals surface area contributed by atoms with Crippen LogP contribution >= 0.6 is 11.3 Å². The number of rotatable bonds is 8. The summed E-state index contributed by atoms with van der Waals surface area (Å²) in [6.07, 6.45) is 3.85. The Morgan fingerprint density at radius 1 is 1.56 bits per heavy atom. The highest BCUT2D eigenvalue weighted by molar-refractivity contribution is 7.09. The van der Waals surface area contributed by atoms with Crippen LogP contribution < -0.4 is 5.32 Å². The molecule has 0 atom stereocenters. The molecule has 3 nitrogen and oxygen atoms in total. The molecular formula is C12H20N2OS. The first kappa shape index (κ1) is 12.0. The number of thiazole rings is 1. The minimum atomic E-state index is 0.881. The Balaban J connectivity index is 1.42. The van der Waals surface area contributed by atoms with Gasteiger partial charge in [0.15, 0.2) is 0 Å². The van der Waals surface area contributed by atoms with Crippen LogP contribution in [0.25, 0.3) is 0 Å². The third-order valence-electron chi connectivity index (χ3n) is 2.64. The van der Waals surface area contributed by atoms with Gasteiger partial charge in [-0.1, -0.05) is 0 Å². The summed E-state index contributed by atoms with van der Waals surface area (Å²) in [4.78, 5) is 4.40. The van der Waals surface area contributed by atoms with Gasteiger partial charge in [-0.05, 0) is 38.6 Å². The maximum atomic E-state index is 5.56. The number of aromatic nitrogens is 1. The highest BCUT2D eigenvalue weighted by Crippen LogP contribution is 2.28. The van der Waals surface area contributed by atoms with E-state index in [4.69, 9.17) is 4.74 Å². The molecule has 0 aromatic carbocycles. The van der Waals surface area contributed by atoms with Crippen LogP contribution in [0.4, 0.5) is 0 Å². The van der Waals surface area contributed by atoms with Crippen molar-refractivity contribution in [2.75, 3.05) is 19.8 Å². The molecular weight excluding hydrogens is 220 g/mol. The third kappa shape index (κ3) is 4.60. The van der Waals surface area contributed by atoms with Crippen molar-refractivity contribution in [2.45, 2.75) is 32.7 Å². The first-order valence-corrected chi connectivity index (χ1v) is 6.92. The van der Waals surface area contributed by atoms with Gasteiger partial charge < -0.3 is 10.1 Å². The summed E-state index contributed by atoms with van der Waals surface area (Å²) in [5, 5.41) is 6.66. The zero-order valence-corrected chi connectivity index (χ0v) is 10.7. The highest BCUT2D eigenvalue weighted by Gasteiger charge is 2.20. The molecule has 0 saturated heterocycles. The molecule has 1 aliphatic carbocycles. The molecule has 2 rings (SSSR count). The van der Waals surface area contributed by atoms with Crippen LogP contribution in [0.3, 0.4) is 0 Å². The molecule has 0 unspecified atom stereocenters. The average Bonchev–Trinajstić information content (AvgIpc) is 3.00. The number of nitrogens with zero attached hydrogens (tertiary/aromatic N) is 1. The van der Waals surface area contributed by atoms with Crippen molar-refractivity contribution in [2.24, 2.45) is 5.92 Å². The van der Waals surface area contributed by atoms with Gasteiger partial charge in [0.25, 0.3) is 0 Å². The Labute approximate surface area is 101 Å². The van der Waals surface area contributed by atoms with Crippen LogP contribution in [-0.4, -0.2) is 24.7 Å². The Morgan fingerprint density at radius 3 is 3.12 bits per heavy atom. The van der Waals surface area contributed by atoms with Gasteiger partial charge in [-0.3, -0.25) is 0 Å². The van der Waals surface area contributed by atoms with Gasteiger partial charge in [-0.2, -0.15) is 0 Å². The van der Waals surface area contributed by atoms with Crippen molar-refractivity contribution < 1.29 is 4.74 Å². The molecule has 0 radical (unpaired) electrons. The predicted octanol–water partition coefficient (Wildman–Crippen LogP) is 2.36. The maximum Gasteiger partial charge on any atom is 0.107 e. The summed E-state index contributed by atoms with van der Waals surface area (Å²) in [5.74, 6) is 0.881. The van der Waals surface area contributed by atoms with Crippen LogP contribution in [0.2, 0.25) is 0 Å². The topological polar surface area (TPSA) is 34.1 Å². The molecule has 0 bridgehead atoms. The van der Waals surface area contributed by atoms with Crippen molar-refractivity contribution in [3.05, 3.63) is 16.1 Å². The molecule has 1 aromatic heterocycles.